The second-order valence-corrected chi connectivity index (χ2v) is 8.89. The van der Waals surface area contributed by atoms with E-state index in [-0.39, 0.29) is 6.54 Å². The molecule has 1 unspecified atom stereocenters. The van der Waals surface area contributed by atoms with E-state index in [1.165, 1.54) is 11.8 Å². The normalized spacial score (nSPS) is 17.9. The molecule has 0 aromatic heterocycles. The third-order valence-electron chi connectivity index (χ3n) is 5.34. The molecule has 4 rings (SSSR count). The lowest BCUT2D eigenvalue weighted by atomic mass is 9.91. The molecule has 2 N–H and O–H groups in total. The van der Waals surface area contributed by atoms with Crippen LogP contribution < -0.4 is 10.6 Å². The van der Waals surface area contributed by atoms with Gasteiger partial charge in [-0.3, -0.25) is 14.5 Å². The number of anilines is 1. The first-order chi connectivity index (χ1) is 15.4. The molecule has 1 aliphatic rings. The third-order valence-corrected chi connectivity index (χ3v) is 6.42. The van der Waals surface area contributed by atoms with E-state index in [4.69, 9.17) is 0 Å². The van der Waals surface area contributed by atoms with Crippen LogP contribution in [0, 0.1) is 6.92 Å². The summed E-state index contributed by atoms with van der Waals surface area (Å²) in [4.78, 5) is 41.3. The van der Waals surface area contributed by atoms with Gasteiger partial charge in [-0.2, -0.15) is 0 Å². The maximum absolute atomic E-state index is 13.1. The fraction of sp³-hybridized carbons (Fsp3) is 0.160. The summed E-state index contributed by atoms with van der Waals surface area (Å²) in [6, 6.07) is 24.1. The molecular weight excluding hydrogens is 422 g/mol. The van der Waals surface area contributed by atoms with Gasteiger partial charge in [-0.25, -0.2) is 4.79 Å². The zero-order valence-electron chi connectivity index (χ0n) is 17.8. The van der Waals surface area contributed by atoms with E-state index in [0.717, 1.165) is 20.3 Å². The number of hydrogen-bond donors (Lipinski definition) is 2. The van der Waals surface area contributed by atoms with Crippen molar-refractivity contribution in [2.24, 2.45) is 0 Å². The minimum absolute atomic E-state index is 0.365. The molecule has 0 radical (unpaired) electrons. The number of imide groups is 1. The van der Waals surface area contributed by atoms with Crippen LogP contribution in [0.3, 0.4) is 0 Å². The number of nitrogens with zero attached hydrogens (tertiary/aromatic N) is 1. The van der Waals surface area contributed by atoms with Crippen molar-refractivity contribution < 1.29 is 14.4 Å². The molecule has 1 heterocycles. The molecule has 162 valence electrons. The molecular formula is C25H23N3O3S. The summed E-state index contributed by atoms with van der Waals surface area (Å²) in [7, 11) is 0. The summed E-state index contributed by atoms with van der Waals surface area (Å²) in [5.41, 5.74) is 1.15. The Hall–Kier alpha value is -3.58. The Labute approximate surface area is 191 Å². The number of rotatable bonds is 6. The number of benzene rings is 3. The lowest BCUT2D eigenvalue weighted by Crippen LogP contribution is -2.42. The molecule has 1 fully saturated rings. The highest BCUT2D eigenvalue weighted by atomic mass is 32.2. The first-order valence-electron chi connectivity index (χ1n) is 10.2. The Morgan fingerprint density at radius 2 is 1.62 bits per heavy atom. The van der Waals surface area contributed by atoms with Crippen molar-refractivity contribution in [3.8, 4) is 0 Å². The number of hydrogen-bond acceptors (Lipinski definition) is 4. The maximum atomic E-state index is 13.1. The van der Waals surface area contributed by atoms with Gasteiger partial charge in [-0.05, 0) is 43.7 Å². The zero-order chi connectivity index (χ0) is 22.7. The highest BCUT2D eigenvalue weighted by molar-refractivity contribution is 7.99. The van der Waals surface area contributed by atoms with Crippen molar-refractivity contribution in [2.45, 2.75) is 29.2 Å². The monoisotopic (exact) mass is 445 g/mol. The lowest BCUT2D eigenvalue weighted by Gasteiger charge is -2.22. The number of carbonyl (C=O) groups excluding carboxylic acids is 3. The minimum Gasteiger partial charge on any atom is -0.323 e. The lowest BCUT2D eigenvalue weighted by molar-refractivity contribution is -0.133. The van der Waals surface area contributed by atoms with Crippen LogP contribution in [0.25, 0.3) is 0 Å². The summed E-state index contributed by atoms with van der Waals surface area (Å²) in [6.45, 7) is 3.24. The summed E-state index contributed by atoms with van der Waals surface area (Å²) < 4.78 is 0. The number of aryl methyl sites for hydroxylation is 1. The van der Waals surface area contributed by atoms with Crippen molar-refractivity contribution in [1.82, 2.24) is 10.2 Å². The van der Waals surface area contributed by atoms with Crippen LogP contribution in [0.5, 0.6) is 0 Å². The maximum Gasteiger partial charge on any atom is 0.325 e. The first kappa shape index (κ1) is 21.6. The van der Waals surface area contributed by atoms with Crippen LogP contribution in [-0.2, 0) is 15.1 Å². The van der Waals surface area contributed by atoms with Gasteiger partial charge in [0.05, 0.1) is 5.69 Å². The summed E-state index contributed by atoms with van der Waals surface area (Å²) >= 11 is 1.52. The Morgan fingerprint density at radius 3 is 2.34 bits per heavy atom. The molecule has 3 aromatic carbocycles. The highest BCUT2D eigenvalue weighted by Gasteiger charge is 2.49. The largest absolute Gasteiger partial charge is 0.325 e. The molecule has 1 saturated heterocycles. The number of urea groups is 1. The Balaban J connectivity index is 1.47. The molecule has 4 amide bonds. The van der Waals surface area contributed by atoms with E-state index in [2.05, 4.69) is 10.6 Å². The number of nitrogens with one attached hydrogen (secondary N) is 2. The van der Waals surface area contributed by atoms with Crippen LogP contribution in [0.4, 0.5) is 10.5 Å². The SMILES string of the molecule is Cc1ccc(C2(C)NC(=O)N(CC(=O)Nc3ccccc3Sc3ccccc3)C2=O)cc1. The summed E-state index contributed by atoms with van der Waals surface area (Å²) in [6.07, 6.45) is 0. The molecule has 1 aliphatic heterocycles. The van der Waals surface area contributed by atoms with Crippen molar-refractivity contribution in [3.05, 3.63) is 90.0 Å². The molecule has 0 saturated carbocycles. The predicted octanol–water partition coefficient (Wildman–Crippen LogP) is 4.55. The molecule has 6 nitrogen and oxygen atoms in total. The van der Waals surface area contributed by atoms with Gasteiger partial charge in [-0.1, -0.05) is 71.9 Å². The van der Waals surface area contributed by atoms with Gasteiger partial charge in [0.25, 0.3) is 5.91 Å². The Bertz CT molecular complexity index is 1160. The van der Waals surface area contributed by atoms with Crippen LogP contribution in [0.1, 0.15) is 18.1 Å². The van der Waals surface area contributed by atoms with Gasteiger partial charge < -0.3 is 10.6 Å². The molecule has 1 atom stereocenters. The molecule has 0 spiro atoms. The van der Waals surface area contributed by atoms with Gasteiger partial charge >= 0.3 is 6.03 Å². The quantitative estimate of drug-likeness (QED) is 0.546. The topological polar surface area (TPSA) is 78.5 Å². The van der Waals surface area contributed by atoms with E-state index in [1.54, 1.807) is 13.0 Å². The standard InChI is InChI=1S/C25H23N3O3S/c1-17-12-14-18(15-13-17)25(2)23(30)28(24(31)27-25)16-22(29)26-20-10-6-7-11-21(20)32-19-8-4-3-5-9-19/h3-15H,16H2,1-2H3,(H,26,29)(H,27,31). The summed E-state index contributed by atoms with van der Waals surface area (Å²) in [5.74, 6) is -0.892. The predicted molar refractivity (Wildman–Crippen MR) is 124 cm³/mol. The van der Waals surface area contributed by atoms with Crippen molar-refractivity contribution in [1.29, 1.82) is 0 Å². The number of amides is 4. The van der Waals surface area contributed by atoms with Crippen molar-refractivity contribution in [2.75, 3.05) is 11.9 Å². The van der Waals surface area contributed by atoms with Gasteiger partial charge in [0.15, 0.2) is 0 Å². The van der Waals surface area contributed by atoms with E-state index < -0.39 is 23.4 Å². The van der Waals surface area contributed by atoms with E-state index >= 15 is 0 Å². The molecule has 7 heteroatoms. The van der Waals surface area contributed by atoms with E-state index in [0.29, 0.717) is 11.3 Å². The smallest absolute Gasteiger partial charge is 0.323 e. The van der Waals surface area contributed by atoms with Crippen molar-refractivity contribution in [3.63, 3.8) is 0 Å². The van der Waals surface area contributed by atoms with Gasteiger partial charge in [-0.15, -0.1) is 0 Å². The van der Waals surface area contributed by atoms with E-state index in [9.17, 15) is 14.4 Å². The van der Waals surface area contributed by atoms with Gasteiger partial charge in [0.2, 0.25) is 5.91 Å². The van der Waals surface area contributed by atoms with Crippen LogP contribution in [-0.4, -0.2) is 29.3 Å². The summed E-state index contributed by atoms with van der Waals surface area (Å²) in [5, 5.41) is 5.57. The molecule has 0 aliphatic carbocycles. The molecule has 0 bridgehead atoms. The Kier molecular flexibility index (Phi) is 6.01. The average Bonchev–Trinajstić information content (AvgIpc) is 3.00. The second-order valence-electron chi connectivity index (χ2n) is 7.77. The Morgan fingerprint density at radius 1 is 0.969 bits per heavy atom. The average molecular weight is 446 g/mol. The van der Waals surface area contributed by atoms with E-state index in [1.807, 2.05) is 79.7 Å². The fourth-order valence-corrected chi connectivity index (χ4v) is 4.45. The number of carbonyl (C=O) groups is 3. The second kappa shape index (κ2) is 8.88. The fourth-order valence-electron chi connectivity index (χ4n) is 3.53. The third kappa shape index (κ3) is 4.38. The minimum atomic E-state index is -1.20. The highest BCUT2D eigenvalue weighted by Crippen LogP contribution is 2.33. The van der Waals surface area contributed by atoms with Crippen LogP contribution in [0.15, 0.2) is 88.7 Å². The van der Waals surface area contributed by atoms with Crippen molar-refractivity contribution >= 4 is 35.3 Å². The van der Waals surface area contributed by atoms with Crippen LogP contribution in [0.2, 0.25) is 0 Å². The molecule has 3 aromatic rings. The first-order valence-corrected chi connectivity index (χ1v) is 11.0. The van der Waals surface area contributed by atoms with Gasteiger partial charge in [0.1, 0.15) is 12.1 Å². The number of para-hydroxylation sites is 1. The van der Waals surface area contributed by atoms with Gasteiger partial charge in [0, 0.05) is 9.79 Å². The van der Waals surface area contributed by atoms with Crippen LogP contribution >= 0.6 is 11.8 Å². The molecule has 32 heavy (non-hydrogen) atoms. The zero-order valence-corrected chi connectivity index (χ0v) is 18.6.